The number of pyridine rings is 1. The number of fused-ring (bicyclic) bond motifs is 3. The highest BCUT2D eigenvalue weighted by atomic mass is 32.1. The van der Waals surface area contributed by atoms with Crippen LogP contribution in [0.1, 0.15) is 23.9 Å². The van der Waals surface area contributed by atoms with Gasteiger partial charge in [0.1, 0.15) is 5.65 Å². The predicted molar refractivity (Wildman–Crippen MR) is 88.9 cm³/mol. The van der Waals surface area contributed by atoms with E-state index in [-0.39, 0.29) is 0 Å². The van der Waals surface area contributed by atoms with Crippen LogP contribution in [0.2, 0.25) is 0 Å². The standard InChI is InChI=1S/C17H19N3S/c1-3-20-15-4-6-18-9-14(15)16-13(12-5-7-21-10-12)8-11(2)19-17(16)20/h5,7-8,10,18H,3-4,6,9H2,1-2H3. The van der Waals surface area contributed by atoms with Crippen molar-refractivity contribution in [2.24, 2.45) is 0 Å². The molecule has 1 aliphatic heterocycles. The lowest BCUT2D eigenvalue weighted by atomic mass is 9.99. The molecule has 108 valence electrons. The van der Waals surface area contributed by atoms with Crippen LogP contribution in [0.4, 0.5) is 0 Å². The van der Waals surface area contributed by atoms with Crippen LogP contribution in [0.3, 0.4) is 0 Å². The molecule has 0 aliphatic carbocycles. The Morgan fingerprint density at radius 2 is 2.33 bits per heavy atom. The van der Waals surface area contributed by atoms with Crippen molar-refractivity contribution < 1.29 is 0 Å². The third kappa shape index (κ3) is 1.93. The molecule has 0 saturated carbocycles. The van der Waals surface area contributed by atoms with E-state index >= 15 is 0 Å². The predicted octanol–water partition coefficient (Wildman–Crippen LogP) is 3.74. The van der Waals surface area contributed by atoms with Crippen molar-refractivity contribution in [3.05, 3.63) is 39.8 Å². The van der Waals surface area contributed by atoms with Crippen molar-refractivity contribution in [1.82, 2.24) is 14.9 Å². The zero-order valence-corrected chi connectivity index (χ0v) is 13.3. The van der Waals surface area contributed by atoms with Crippen molar-refractivity contribution >= 4 is 22.4 Å². The number of nitrogens with zero attached hydrogens (tertiary/aromatic N) is 2. The zero-order valence-electron chi connectivity index (χ0n) is 12.4. The molecule has 0 amide bonds. The Bertz CT molecular complexity index is 799. The molecule has 21 heavy (non-hydrogen) atoms. The number of nitrogens with one attached hydrogen (secondary N) is 1. The molecule has 4 rings (SSSR count). The van der Waals surface area contributed by atoms with E-state index in [9.17, 15) is 0 Å². The van der Waals surface area contributed by atoms with Gasteiger partial charge in [0.05, 0.1) is 0 Å². The summed E-state index contributed by atoms with van der Waals surface area (Å²) < 4.78 is 2.41. The second kappa shape index (κ2) is 4.97. The molecule has 0 fully saturated rings. The van der Waals surface area contributed by atoms with Gasteiger partial charge in [-0.05, 0) is 53.4 Å². The largest absolute Gasteiger partial charge is 0.330 e. The lowest BCUT2D eigenvalue weighted by Crippen LogP contribution is -2.24. The van der Waals surface area contributed by atoms with E-state index in [1.54, 1.807) is 11.3 Å². The summed E-state index contributed by atoms with van der Waals surface area (Å²) in [5, 5.41) is 9.26. The van der Waals surface area contributed by atoms with E-state index < -0.39 is 0 Å². The molecule has 0 radical (unpaired) electrons. The minimum absolute atomic E-state index is 0.959. The maximum Gasteiger partial charge on any atom is 0.141 e. The summed E-state index contributed by atoms with van der Waals surface area (Å²) in [6.07, 6.45) is 1.10. The summed E-state index contributed by atoms with van der Waals surface area (Å²) >= 11 is 1.76. The normalized spacial score (nSPS) is 14.6. The molecule has 0 bridgehead atoms. The van der Waals surface area contributed by atoms with E-state index in [1.807, 2.05) is 0 Å². The fourth-order valence-electron chi connectivity index (χ4n) is 3.47. The number of hydrogen-bond acceptors (Lipinski definition) is 3. The number of thiophene rings is 1. The Labute approximate surface area is 128 Å². The molecule has 0 aromatic carbocycles. The van der Waals surface area contributed by atoms with Gasteiger partial charge in [0.2, 0.25) is 0 Å². The topological polar surface area (TPSA) is 29.9 Å². The molecule has 0 saturated heterocycles. The molecule has 4 heterocycles. The van der Waals surface area contributed by atoms with Crippen LogP contribution in [0.25, 0.3) is 22.2 Å². The van der Waals surface area contributed by atoms with Crippen molar-refractivity contribution in [3.8, 4) is 11.1 Å². The SMILES string of the molecule is CCn1c2c(c3c(-c4ccsc4)cc(C)nc31)CNCC2. The zero-order chi connectivity index (χ0) is 14.4. The molecule has 4 heteroatoms. The summed E-state index contributed by atoms with van der Waals surface area (Å²) in [4.78, 5) is 4.86. The van der Waals surface area contributed by atoms with Crippen molar-refractivity contribution in [2.75, 3.05) is 6.54 Å². The van der Waals surface area contributed by atoms with Crippen LogP contribution in [0, 0.1) is 6.92 Å². The Balaban J connectivity index is 2.13. The van der Waals surface area contributed by atoms with Gasteiger partial charge in [-0.1, -0.05) is 0 Å². The van der Waals surface area contributed by atoms with Gasteiger partial charge in [-0.3, -0.25) is 0 Å². The average Bonchev–Trinajstić information content (AvgIpc) is 3.12. The highest BCUT2D eigenvalue weighted by Crippen LogP contribution is 2.36. The highest BCUT2D eigenvalue weighted by Gasteiger charge is 2.23. The van der Waals surface area contributed by atoms with Crippen LogP contribution in [0.15, 0.2) is 22.9 Å². The molecule has 0 spiro atoms. The van der Waals surface area contributed by atoms with Gasteiger partial charge < -0.3 is 9.88 Å². The van der Waals surface area contributed by atoms with Gasteiger partial charge in [0.15, 0.2) is 0 Å². The first-order valence-corrected chi connectivity index (χ1v) is 8.48. The van der Waals surface area contributed by atoms with Gasteiger partial charge in [-0.25, -0.2) is 4.98 Å². The van der Waals surface area contributed by atoms with Crippen molar-refractivity contribution in [2.45, 2.75) is 33.4 Å². The molecular formula is C17H19N3S. The summed E-state index contributed by atoms with van der Waals surface area (Å²) in [6, 6.07) is 4.45. The second-order valence-corrected chi connectivity index (χ2v) is 6.40. The van der Waals surface area contributed by atoms with Gasteiger partial charge >= 0.3 is 0 Å². The molecule has 3 nitrogen and oxygen atoms in total. The maximum atomic E-state index is 4.86. The first-order valence-electron chi connectivity index (χ1n) is 7.54. The van der Waals surface area contributed by atoms with Crippen LogP contribution in [-0.2, 0) is 19.5 Å². The third-order valence-electron chi connectivity index (χ3n) is 4.35. The van der Waals surface area contributed by atoms with E-state index in [0.29, 0.717) is 0 Å². The van der Waals surface area contributed by atoms with E-state index in [4.69, 9.17) is 4.98 Å². The molecule has 3 aromatic rings. The van der Waals surface area contributed by atoms with Gasteiger partial charge in [0.25, 0.3) is 0 Å². The van der Waals surface area contributed by atoms with Gasteiger partial charge in [-0.2, -0.15) is 11.3 Å². The summed E-state index contributed by atoms with van der Waals surface area (Å²) in [5.74, 6) is 0. The van der Waals surface area contributed by atoms with Crippen LogP contribution in [0.5, 0.6) is 0 Å². The highest BCUT2D eigenvalue weighted by molar-refractivity contribution is 7.08. The fourth-order valence-corrected chi connectivity index (χ4v) is 4.12. The Morgan fingerprint density at radius 1 is 1.43 bits per heavy atom. The van der Waals surface area contributed by atoms with Crippen LogP contribution >= 0.6 is 11.3 Å². The van der Waals surface area contributed by atoms with Crippen LogP contribution in [-0.4, -0.2) is 16.1 Å². The van der Waals surface area contributed by atoms with Gasteiger partial charge in [0, 0.05) is 42.8 Å². The number of rotatable bonds is 2. The van der Waals surface area contributed by atoms with E-state index in [2.05, 4.69) is 46.6 Å². The molecule has 1 N–H and O–H groups in total. The molecule has 0 unspecified atom stereocenters. The van der Waals surface area contributed by atoms with Crippen molar-refractivity contribution in [1.29, 1.82) is 0 Å². The summed E-state index contributed by atoms with van der Waals surface area (Å²) in [7, 11) is 0. The quantitative estimate of drug-likeness (QED) is 0.781. The molecule has 3 aromatic heterocycles. The average molecular weight is 297 g/mol. The summed E-state index contributed by atoms with van der Waals surface area (Å²) in [5.41, 5.74) is 7.84. The Kier molecular flexibility index (Phi) is 3.08. The summed E-state index contributed by atoms with van der Waals surface area (Å²) in [6.45, 7) is 7.33. The van der Waals surface area contributed by atoms with Gasteiger partial charge in [-0.15, -0.1) is 0 Å². The second-order valence-electron chi connectivity index (χ2n) is 5.62. The Hall–Kier alpha value is -1.65. The van der Waals surface area contributed by atoms with E-state index in [0.717, 1.165) is 37.4 Å². The van der Waals surface area contributed by atoms with Crippen molar-refractivity contribution in [3.63, 3.8) is 0 Å². The number of hydrogen-bond donors (Lipinski definition) is 1. The number of aryl methyl sites for hydroxylation is 2. The molecule has 0 atom stereocenters. The lowest BCUT2D eigenvalue weighted by molar-refractivity contribution is 0.605. The molecule has 1 aliphatic rings. The van der Waals surface area contributed by atoms with E-state index in [1.165, 1.54) is 27.8 Å². The Morgan fingerprint density at radius 3 is 3.10 bits per heavy atom. The number of aromatic nitrogens is 2. The first-order chi connectivity index (χ1) is 10.3. The fraction of sp³-hybridized carbons (Fsp3) is 0.353. The maximum absolute atomic E-state index is 4.86. The smallest absolute Gasteiger partial charge is 0.141 e. The first kappa shape index (κ1) is 13.0. The molecular weight excluding hydrogens is 278 g/mol. The third-order valence-corrected chi connectivity index (χ3v) is 5.03. The monoisotopic (exact) mass is 297 g/mol. The lowest BCUT2D eigenvalue weighted by Gasteiger charge is -2.16. The minimum Gasteiger partial charge on any atom is -0.330 e. The van der Waals surface area contributed by atoms with Crippen LogP contribution < -0.4 is 5.32 Å². The minimum atomic E-state index is 0.959.